The van der Waals surface area contributed by atoms with E-state index in [2.05, 4.69) is 10.3 Å². The molecule has 3 N–H and O–H groups in total. The zero-order valence-electron chi connectivity index (χ0n) is 11.4. The molecule has 0 fully saturated rings. The number of anilines is 1. The van der Waals surface area contributed by atoms with E-state index in [9.17, 15) is 14.0 Å². The summed E-state index contributed by atoms with van der Waals surface area (Å²) in [6.07, 6.45) is 0. The van der Waals surface area contributed by atoms with Gasteiger partial charge in [0.2, 0.25) is 5.91 Å². The Morgan fingerprint density at radius 1 is 1.50 bits per heavy atom. The van der Waals surface area contributed by atoms with E-state index in [0.717, 1.165) is 10.3 Å². The van der Waals surface area contributed by atoms with Crippen LogP contribution in [0.2, 0.25) is 5.02 Å². The van der Waals surface area contributed by atoms with Gasteiger partial charge in [0.15, 0.2) is 5.13 Å². The third kappa shape index (κ3) is 4.19. The second-order valence-electron chi connectivity index (χ2n) is 4.23. The third-order valence-corrected chi connectivity index (χ3v) is 5.19. The fraction of sp³-hybridized carbons (Fsp3) is 0.154. The predicted molar refractivity (Wildman–Crippen MR) is 86.1 cm³/mol. The van der Waals surface area contributed by atoms with Gasteiger partial charge in [0.1, 0.15) is 5.82 Å². The highest BCUT2D eigenvalue weighted by Gasteiger charge is 2.16. The van der Waals surface area contributed by atoms with Crippen LogP contribution in [-0.2, 0) is 4.79 Å². The lowest BCUT2D eigenvalue weighted by Gasteiger charge is -2.03. The van der Waals surface area contributed by atoms with Crippen molar-refractivity contribution in [3.63, 3.8) is 0 Å². The summed E-state index contributed by atoms with van der Waals surface area (Å²) in [5, 5.41) is 3.06. The van der Waals surface area contributed by atoms with Gasteiger partial charge in [-0.05, 0) is 25.1 Å². The van der Waals surface area contributed by atoms with Crippen LogP contribution in [-0.4, -0.2) is 22.6 Å². The SMILES string of the molecule is Cc1nc(NC(=O)c2ccc(Cl)cc2F)sc1SCC(N)=O. The lowest BCUT2D eigenvalue weighted by Crippen LogP contribution is -2.13. The molecule has 2 amide bonds. The number of primary amides is 1. The third-order valence-electron chi connectivity index (χ3n) is 2.50. The second kappa shape index (κ2) is 7.08. The van der Waals surface area contributed by atoms with Crippen molar-refractivity contribution in [2.75, 3.05) is 11.1 Å². The van der Waals surface area contributed by atoms with Crippen LogP contribution in [0.15, 0.2) is 22.4 Å². The van der Waals surface area contributed by atoms with Gasteiger partial charge in [-0.3, -0.25) is 14.9 Å². The van der Waals surface area contributed by atoms with E-state index in [1.807, 2.05) is 0 Å². The van der Waals surface area contributed by atoms with Gasteiger partial charge in [0.25, 0.3) is 5.91 Å². The Morgan fingerprint density at radius 2 is 2.23 bits per heavy atom. The van der Waals surface area contributed by atoms with E-state index in [1.165, 1.54) is 35.2 Å². The number of nitrogens with one attached hydrogen (secondary N) is 1. The molecule has 1 aromatic carbocycles. The summed E-state index contributed by atoms with van der Waals surface area (Å²) in [6.45, 7) is 1.75. The monoisotopic (exact) mass is 359 g/mol. The molecule has 1 heterocycles. The Balaban J connectivity index is 2.11. The van der Waals surface area contributed by atoms with Crippen molar-refractivity contribution in [2.24, 2.45) is 5.73 Å². The van der Waals surface area contributed by atoms with Gasteiger partial charge in [-0.25, -0.2) is 9.37 Å². The summed E-state index contributed by atoms with van der Waals surface area (Å²) in [4.78, 5) is 27.0. The molecule has 0 atom stereocenters. The van der Waals surface area contributed by atoms with Crippen LogP contribution in [0.5, 0.6) is 0 Å². The molecule has 0 aliphatic carbocycles. The van der Waals surface area contributed by atoms with Gasteiger partial charge >= 0.3 is 0 Å². The number of carbonyl (C=O) groups is 2. The van der Waals surface area contributed by atoms with Crippen molar-refractivity contribution in [2.45, 2.75) is 11.1 Å². The minimum atomic E-state index is -0.707. The van der Waals surface area contributed by atoms with Crippen molar-refractivity contribution in [3.05, 3.63) is 40.3 Å². The van der Waals surface area contributed by atoms with Crippen molar-refractivity contribution < 1.29 is 14.0 Å². The predicted octanol–water partition coefficient (Wildman–Crippen LogP) is 3.07. The number of thioether (sulfide) groups is 1. The van der Waals surface area contributed by atoms with Crippen LogP contribution in [0.4, 0.5) is 9.52 Å². The van der Waals surface area contributed by atoms with Crippen molar-refractivity contribution in [3.8, 4) is 0 Å². The molecule has 2 rings (SSSR count). The summed E-state index contributed by atoms with van der Waals surface area (Å²) in [7, 11) is 0. The molecule has 0 bridgehead atoms. The van der Waals surface area contributed by atoms with Crippen molar-refractivity contribution in [1.29, 1.82) is 0 Å². The summed E-state index contributed by atoms with van der Waals surface area (Å²) < 4.78 is 14.4. The molecule has 1 aromatic heterocycles. The molecule has 116 valence electrons. The minimum absolute atomic E-state index is 0.122. The Bertz CT molecular complexity index is 736. The molecule has 0 aliphatic rings. The molecule has 0 aliphatic heterocycles. The average Bonchev–Trinajstić information content (AvgIpc) is 2.76. The Hall–Kier alpha value is -1.64. The van der Waals surface area contributed by atoms with Gasteiger partial charge in [0, 0.05) is 5.02 Å². The van der Waals surface area contributed by atoms with E-state index in [1.54, 1.807) is 6.92 Å². The number of aromatic nitrogens is 1. The lowest BCUT2D eigenvalue weighted by atomic mass is 10.2. The fourth-order valence-corrected chi connectivity index (χ4v) is 3.58. The van der Waals surface area contributed by atoms with Crippen LogP contribution in [0.3, 0.4) is 0 Å². The molecule has 2 aromatic rings. The zero-order chi connectivity index (χ0) is 16.3. The molecule has 0 saturated carbocycles. The number of carbonyl (C=O) groups excluding carboxylic acids is 2. The molecule has 5 nitrogen and oxygen atoms in total. The zero-order valence-corrected chi connectivity index (χ0v) is 13.7. The molecular formula is C13H11ClFN3O2S2. The Kier molecular flexibility index (Phi) is 5.38. The number of hydrogen-bond donors (Lipinski definition) is 2. The fourth-order valence-electron chi connectivity index (χ4n) is 1.54. The maximum absolute atomic E-state index is 13.7. The Labute approximate surface area is 139 Å². The van der Waals surface area contributed by atoms with Gasteiger partial charge in [-0.15, -0.1) is 11.8 Å². The molecule has 22 heavy (non-hydrogen) atoms. The first-order valence-electron chi connectivity index (χ1n) is 6.01. The van der Waals surface area contributed by atoms with Gasteiger partial charge in [-0.1, -0.05) is 22.9 Å². The first-order valence-corrected chi connectivity index (χ1v) is 8.19. The quantitative estimate of drug-likeness (QED) is 0.803. The van der Waals surface area contributed by atoms with Crippen LogP contribution in [0.1, 0.15) is 16.1 Å². The number of nitrogens with zero attached hydrogens (tertiary/aromatic N) is 1. The highest BCUT2D eigenvalue weighted by atomic mass is 35.5. The largest absolute Gasteiger partial charge is 0.369 e. The number of aryl methyl sites for hydroxylation is 1. The lowest BCUT2D eigenvalue weighted by molar-refractivity contribution is -0.115. The van der Waals surface area contributed by atoms with E-state index >= 15 is 0 Å². The maximum atomic E-state index is 13.7. The number of halogens is 2. The van der Waals surface area contributed by atoms with Gasteiger partial charge in [0.05, 0.1) is 21.2 Å². The van der Waals surface area contributed by atoms with Crippen molar-refractivity contribution in [1.82, 2.24) is 4.98 Å². The summed E-state index contributed by atoms with van der Waals surface area (Å²) in [5.41, 5.74) is 5.63. The summed E-state index contributed by atoms with van der Waals surface area (Å²) >= 11 is 8.08. The maximum Gasteiger partial charge on any atom is 0.260 e. The molecular weight excluding hydrogens is 349 g/mol. The van der Waals surface area contributed by atoms with E-state index < -0.39 is 17.6 Å². The average molecular weight is 360 g/mol. The Morgan fingerprint density at radius 3 is 2.86 bits per heavy atom. The molecule has 0 spiro atoms. The standard InChI is InChI=1S/C13H11ClFN3O2S2/c1-6-12(21-5-10(16)19)22-13(17-6)18-11(20)8-3-2-7(14)4-9(8)15/h2-4H,5H2,1H3,(H2,16,19)(H,17,18,20). The number of amides is 2. The van der Waals surface area contributed by atoms with Crippen LogP contribution in [0, 0.1) is 12.7 Å². The molecule has 0 unspecified atom stereocenters. The number of thiazole rings is 1. The molecule has 0 radical (unpaired) electrons. The first-order chi connectivity index (χ1) is 10.4. The van der Waals surface area contributed by atoms with E-state index in [4.69, 9.17) is 17.3 Å². The normalized spacial score (nSPS) is 10.5. The second-order valence-corrected chi connectivity index (χ2v) is 6.90. The first kappa shape index (κ1) is 16.7. The molecule has 9 heteroatoms. The van der Waals surface area contributed by atoms with E-state index in [-0.39, 0.29) is 16.3 Å². The van der Waals surface area contributed by atoms with Gasteiger partial charge < -0.3 is 5.73 Å². The highest BCUT2D eigenvalue weighted by molar-refractivity contribution is 8.01. The van der Waals surface area contributed by atoms with Gasteiger partial charge in [-0.2, -0.15) is 0 Å². The number of hydrogen-bond acceptors (Lipinski definition) is 5. The van der Waals surface area contributed by atoms with Crippen LogP contribution < -0.4 is 11.1 Å². The summed E-state index contributed by atoms with van der Waals surface area (Å²) in [6, 6.07) is 3.80. The minimum Gasteiger partial charge on any atom is -0.369 e. The van der Waals surface area contributed by atoms with Crippen LogP contribution in [0.25, 0.3) is 0 Å². The molecule has 0 saturated heterocycles. The topological polar surface area (TPSA) is 85.1 Å². The highest BCUT2D eigenvalue weighted by Crippen LogP contribution is 2.32. The number of rotatable bonds is 5. The smallest absolute Gasteiger partial charge is 0.260 e. The van der Waals surface area contributed by atoms with Crippen molar-refractivity contribution >= 4 is 51.6 Å². The van der Waals surface area contributed by atoms with Crippen LogP contribution >= 0.6 is 34.7 Å². The number of nitrogens with two attached hydrogens (primary N) is 1. The summed E-state index contributed by atoms with van der Waals surface area (Å²) in [5.74, 6) is -1.63. The number of benzene rings is 1. The van der Waals surface area contributed by atoms with E-state index in [0.29, 0.717) is 10.8 Å².